The zero-order chi connectivity index (χ0) is 15.7. The number of aromatic nitrogens is 5. The van der Waals surface area contributed by atoms with Gasteiger partial charge in [0.15, 0.2) is 0 Å². The molecule has 0 fully saturated rings. The van der Waals surface area contributed by atoms with Gasteiger partial charge in [0.2, 0.25) is 0 Å². The number of ether oxygens (including phenoxy) is 1. The summed E-state index contributed by atoms with van der Waals surface area (Å²) in [5.41, 5.74) is 0.831. The van der Waals surface area contributed by atoms with E-state index in [1.54, 1.807) is 17.6 Å². The quantitative estimate of drug-likeness (QED) is 0.727. The van der Waals surface area contributed by atoms with Crippen molar-refractivity contribution in [1.82, 2.24) is 24.8 Å². The van der Waals surface area contributed by atoms with E-state index in [1.165, 1.54) is 24.5 Å². The minimum absolute atomic E-state index is 0.0506. The molecule has 3 rings (SSSR count). The number of thiazole rings is 1. The van der Waals surface area contributed by atoms with Gasteiger partial charge in [-0.05, 0) is 29.0 Å². The van der Waals surface area contributed by atoms with Crippen LogP contribution in [0.2, 0.25) is 0 Å². The normalized spacial score (nSPS) is 10.9. The number of nitrogens with zero attached hydrogens (tertiary/aromatic N) is 5. The summed E-state index contributed by atoms with van der Waals surface area (Å²) in [6, 6.07) is 2.92. The van der Waals surface area contributed by atoms with Crippen LogP contribution in [0, 0.1) is 12.7 Å². The van der Waals surface area contributed by atoms with Crippen molar-refractivity contribution >= 4 is 11.3 Å². The molecule has 22 heavy (non-hydrogen) atoms. The van der Waals surface area contributed by atoms with Crippen molar-refractivity contribution in [2.75, 3.05) is 0 Å². The van der Waals surface area contributed by atoms with E-state index in [4.69, 9.17) is 4.74 Å². The van der Waals surface area contributed by atoms with Gasteiger partial charge in [-0.3, -0.25) is 0 Å². The number of rotatable bonds is 4. The maximum Gasteiger partial charge on any atom is 0.368 e. The van der Waals surface area contributed by atoms with Crippen molar-refractivity contribution in [2.24, 2.45) is 7.05 Å². The Labute approximate surface area is 128 Å². The molecule has 0 atom stereocenters. The van der Waals surface area contributed by atoms with E-state index in [9.17, 15) is 9.18 Å². The molecular formula is C13H12FN5O2S. The zero-order valence-corrected chi connectivity index (χ0v) is 12.7. The molecule has 0 aliphatic carbocycles. The largest absolute Gasteiger partial charge is 0.465 e. The summed E-state index contributed by atoms with van der Waals surface area (Å²) in [4.78, 5) is 16.0. The highest BCUT2D eigenvalue weighted by molar-refractivity contribution is 7.11. The average Bonchev–Trinajstić information content (AvgIpc) is 3.12. The lowest BCUT2D eigenvalue weighted by Crippen LogP contribution is -2.24. The fourth-order valence-corrected chi connectivity index (χ4v) is 2.48. The van der Waals surface area contributed by atoms with Gasteiger partial charge in [-0.1, -0.05) is 17.4 Å². The van der Waals surface area contributed by atoms with Gasteiger partial charge in [0.05, 0.1) is 0 Å². The molecule has 0 saturated heterocycles. The Balaban J connectivity index is 2.07. The number of hydrogen-bond donors (Lipinski definition) is 0. The predicted molar refractivity (Wildman–Crippen MR) is 77.7 cm³/mol. The molecular weight excluding hydrogens is 309 g/mol. The van der Waals surface area contributed by atoms with Gasteiger partial charge in [0.25, 0.3) is 5.19 Å². The molecule has 0 saturated carbocycles. The second-order valence-electron chi connectivity index (χ2n) is 4.58. The fourth-order valence-electron chi connectivity index (χ4n) is 1.99. The highest BCUT2D eigenvalue weighted by atomic mass is 32.1. The maximum absolute atomic E-state index is 14.3. The van der Waals surface area contributed by atoms with E-state index >= 15 is 0 Å². The standard InChI is InChI=1S/C13H12FN5O2S/c1-8-3-4-10(14)11(19-13(20)18(2)16-17-19)9(8)7-21-12-15-5-6-22-12/h3-6H,7H2,1-2H3. The molecule has 0 aliphatic rings. The lowest BCUT2D eigenvalue weighted by atomic mass is 10.1. The first kappa shape index (κ1) is 14.4. The van der Waals surface area contributed by atoms with Crippen molar-refractivity contribution in [3.63, 3.8) is 0 Å². The van der Waals surface area contributed by atoms with Crippen LogP contribution in [0.3, 0.4) is 0 Å². The van der Waals surface area contributed by atoms with E-state index in [1.807, 2.05) is 6.92 Å². The summed E-state index contributed by atoms with van der Waals surface area (Å²) in [7, 11) is 1.45. The molecule has 2 aromatic heterocycles. The molecule has 0 aliphatic heterocycles. The Bertz CT molecular complexity index is 856. The van der Waals surface area contributed by atoms with Crippen molar-refractivity contribution in [1.29, 1.82) is 0 Å². The first-order chi connectivity index (χ1) is 10.6. The van der Waals surface area contributed by atoms with Crippen molar-refractivity contribution < 1.29 is 9.13 Å². The van der Waals surface area contributed by atoms with E-state index in [0.717, 1.165) is 14.9 Å². The van der Waals surface area contributed by atoms with Crippen molar-refractivity contribution in [3.8, 4) is 10.9 Å². The first-order valence-corrected chi connectivity index (χ1v) is 7.25. The smallest absolute Gasteiger partial charge is 0.368 e. The van der Waals surface area contributed by atoms with Crippen LogP contribution >= 0.6 is 11.3 Å². The molecule has 0 amide bonds. The van der Waals surface area contributed by atoms with E-state index in [0.29, 0.717) is 10.8 Å². The Morgan fingerprint density at radius 1 is 1.36 bits per heavy atom. The van der Waals surface area contributed by atoms with E-state index in [2.05, 4.69) is 15.4 Å². The summed E-state index contributed by atoms with van der Waals surface area (Å²) in [6.07, 6.45) is 1.62. The van der Waals surface area contributed by atoms with Crippen LogP contribution < -0.4 is 10.4 Å². The van der Waals surface area contributed by atoms with Crippen LogP contribution in [0.4, 0.5) is 4.39 Å². The highest BCUT2D eigenvalue weighted by Gasteiger charge is 2.18. The molecule has 0 spiro atoms. The Morgan fingerprint density at radius 3 is 2.82 bits per heavy atom. The monoisotopic (exact) mass is 321 g/mol. The van der Waals surface area contributed by atoms with E-state index < -0.39 is 11.5 Å². The summed E-state index contributed by atoms with van der Waals surface area (Å²) in [5.74, 6) is -0.564. The van der Waals surface area contributed by atoms with Crippen LogP contribution in [0.15, 0.2) is 28.5 Å². The molecule has 2 heterocycles. The lowest BCUT2D eigenvalue weighted by Gasteiger charge is -2.12. The predicted octanol–water partition coefficient (Wildman–Crippen LogP) is 1.45. The SMILES string of the molecule is Cc1ccc(F)c(-n2nnn(C)c2=O)c1COc1nccs1. The molecule has 0 N–H and O–H groups in total. The van der Waals surface area contributed by atoms with Crippen LogP contribution in [0.25, 0.3) is 5.69 Å². The zero-order valence-electron chi connectivity index (χ0n) is 11.9. The highest BCUT2D eigenvalue weighted by Crippen LogP contribution is 2.23. The Morgan fingerprint density at radius 2 is 2.18 bits per heavy atom. The van der Waals surface area contributed by atoms with Crippen LogP contribution in [-0.4, -0.2) is 24.8 Å². The third kappa shape index (κ3) is 2.50. The molecule has 0 radical (unpaired) electrons. The number of hydrogen-bond acceptors (Lipinski definition) is 6. The lowest BCUT2D eigenvalue weighted by molar-refractivity contribution is 0.302. The Hall–Kier alpha value is -2.55. The Kier molecular flexibility index (Phi) is 3.72. The average molecular weight is 321 g/mol. The van der Waals surface area contributed by atoms with Crippen molar-refractivity contribution in [2.45, 2.75) is 13.5 Å². The third-order valence-electron chi connectivity index (χ3n) is 3.15. The third-order valence-corrected chi connectivity index (χ3v) is 3.83. The van der Waals surface area contributed by atoms with Crippen LogP contribution in [0.5, 0.6) is 5.19 Å². The number of halogens is 1. The minimum atomic E-state index is -0.564. The minimum Gasteiger partial charge on any atom is -0.465 e. The molecule has 1 aromatic carbocycles. The molecule has 3 aromatic rings. The van der Waals surface area contributed by atoms with Crippen molar-refractivity contribution in [3.05, 3.63) is 51.1 Å². The summed E-state index contributed by atoms with van der Waals surface area (Å²) >= 11 is 1.33. The summed E-state index contributed by atoms with van der Waals surface area (Å²) in [6.45, 7) is 1.89. The van der Waals surface area contributed by atoms with Gasteiger partial charge in [-0.25, -0.2) is 14.2 Å². The van der Waals surface area contributed by atoms with Gasteiger partial charge < -0.3 is 4.74 Å². The van der Waals surface area contributed by atoms with Crippen LogP contribution in [0.1, 0.15) is 11.1 Å². The number of benzene rings is 1. The van der Waals surface area contributed by atoms with E-state index in [-0.39, 0.29) is 12.3 Å². The van der Waals surface area contributed by atoms with Gasteiger partial charge in [0, 0.05) is 24.2 Å². The van der Waals surface area contributed by atoms with Gasteiger partial charge >= 0.3 is 5.69 Å². The molecule has 0 bridgehead atoms. The van der Waals surface area contributed by atoms with Gasteiger partial charge in [-0.2, -0.15) is 9.36 Å². The number of tetrazole rings is 1. The second kappa shape index (κ2) is 5.68. The maximum atomic E-state index is 14.3. The fraction of sp³-hybridized carbons (Fsp3) is 0.231. The number of aryl methyl sites for hydroxylation is 2. The summed E-state index contributed by atoms with van der Waals surface area (Å²) < 4.78 is 21.8. The molecule has 7 nitrogen and oxygen atoms in total. The molecule has 0 unspecified atom stereocenters. The second-order valence-corrected chi connectivity index (χ2v) is 5.43. The topological polar surface area (TPSA) is 74.8 Å². The molecule has 114 valence electrons. The first-order valence-electron chi connectivity index (χ1n) is 6.37. The summed E-state index contributed by atoms with van der Waals surface area (Å²) in [5, 5.41) is 9.57. The van der Waals surface area contributed by atoms with Gasteiger partial charge in [-0.15, -0.1) is 0 Å². The van der Waals surface area contributed by atoms with Gasteiger partial charge in [0.1, 0.15) is 18.1 Å². The molecule has 9 heteroatoms. The van der Waals surface area contributed by atoms with Crippen LogP contribution in [-0.2, 0) is 13.7 Å².